The number of hydrogen-bond donors (Lipinski definition) is 1. The number of nitrogens with one attached hydrogen (secondary N) is 1. The zero-order valence-corrected chi connectivity index (χ0v) is 12.0. The van der Waals surface area contributed by atoms with Gasteiger partial charge in [0, 0.05) is 17.1 Å². The maximum absolute atomic E-state index is 14.1. The molecule has 0 saturated heterocycles. The van der Waals surface area contributed by atoms with Gasteiger partial charge in [0.05, 0.1) is 5.52 Å². The van der Waals surface area contributed by atoms with Crippen molar-refractivity contribution in [3.8, 4) is 0 Å². The SMILES string of the molecule is CC(C)(C)c1c[nH]c2c(CCC3CC3)c(F)ccc12. The molecule has 0 atom stereocenters. The minimum Gasteiger partial charge on any atom is -0.361 e. The first-order chi connectivity index (χ1) is 8.97. The molecule has 1 heterocycles. The van der Waals surface area contributed by atoms with Crippen molar-refractivity contribution in [2.45, 2.75) is 51.9 Å². The average Bonchev–Trinajstić information content (AvgIpc) is 3.03. The first kappa shape index (κ1) is 12.7. The van der Waals surface area contributed by atoms with Gasteiger partial charge in [0.15, 0.2) is 0 Å². The van der Waals surface area contributed by atoms with E-state index in [4.69, 9.17) is 0 Å². The zero-order chi connectivity index (χ0) is 13.6. The lowest BCUT2D eigenvalue weighted by Gasteiger charge is -2.17. The highest BCUT2D eigenvalue weighted by Crippen LogP contribution is 2.36. The third-order valence-corrected chi connectivity index (χ3v) is 4.21. The molecule has 1 saturated carbocycles. The van der Waals surface area contributed by atoms with E-state index < -0.39 is 0 Å². The van der Waals surface area contributed by atoms with Crippen molar-refractivity contribution in [1.82, 2.24) is 4.98 Å². The lowest BCUT2D eigenvalue weighted by Crippen LogP contribution is -2.10. The Labute approximate surface area is 114 Å². The van der Waals surface area contributed by atoms with Crippen LogP contribution >= 0.6 is 0 Å². The van der Waals surface area contributed by atoms with E-state index in [-0.39, 0.29) is 11.2 Å². The van der Waals surface area contributed by atoms with Crippen molar-refractivity contribution >= 4 is 10.9 Å². The molecule has 1 aliphatic rings. The first-order valence-corrected chi connectivity index (χ1v) is 7.26. The highest BCUT2D eigenvalue weighted by Gasteiger charge is 2.24. The number of benzene rings is 1. The van der Waals surface area contributed by atoms with Gasteiger partial charge in [0.2, 0.25) is 0 Å². The van der Waals surface area contributed by atoms with Gasteiger partial charge in [-0.2, -0.15) is 0 Å². The molecular weight excluding hydrogens is 237 g/mol. The third kappa shape index (κ3) is 2.41. The lowest BCUT2D eigenvalue weighted by molar-refractivity contribution is 0.594. The summed E-state index contributed by atoms with van der Waals surface area (Å²) < 4.78 is 14.1. The van der Waals surface area contributed by atoms with Crippen LogP contribution in [0.15, 0.2) is 18.3 Å². The Morgan fingerprint density at radius 2 is 2.00 bits per heavy atom. The van der Waals surface area contributed by atoms with Crippen LogP contribution in [-0.2, 0) is 11.8 Å². The second kappa shape index (κ2) is 4.36. The largest absolute Gasteiger partial charge is 0.361 e. The molecule has 0 bridgehead atoms. The maximum Gasteiger partial charge on any atom is 0.128 e. The van der Waals surface area contributed by atoms with Crippen LogP contribution in [0.4, 0.5) is 4.39 Å². The number of aromatic amines is 1. The van der Waals surface area contributed by atoms with Crippen LogP contribution in [0.25, 0.3) is 10.9 Å². The summed E-state index contributed by atoms with van der Waals surface area (Å²) in [6.07, 6.45) is 6.69. The fourth-order valence-corrected chi connectivity index (χ4v) is 2.85. The molecule has 0 unspecified atom stereocenters. The number of H-pyrrole nitrogens is 1. The molecule has 0 aliphatic heterocycles. The molecule has 2 heteroatoms. The molecule has 19 heavy (non-hydrogen) atoms. The maximum atomic E-state index is 14.1. The number of aromatic nitrogens is 1. The van der Waals surface area contributed by atoms with Crippen molar-refractivity contribution in [1.29, 1.82) is 0 Å². The summed E-state index contributed by atoms with van der Waals surface area (Å²) in [5.74, 6) is 0.780. The summed E-state index contributed by atoms with van der Waals surface area (Å²) in [4.78, 5) is 3.31. The summed E-state index contributed by atoms with van der Waals surface area (Å²) in [6, 6.07) is 3.55. The van der Waals surface area contributed by atoms with E-state index in [0.717, 1.165) is 29.8 Å². The quantitative estimate of drug-likeness (QED) is 0.803. The van der Waals surface area contributed by atoms with Gasteiger partial charge in [-0.05, 0) is 41.9 Å². The lowest BCUT2D eigenvalue weighted by atomic mass is 9.86. The summed E-state index contributed by atoms with van der Waals surface area (Å²) in [7, 11) is 0. The monoisotopic (exact) mass is 259 g/mol. The number of rotatable bonds is 3. The van der Waals surface area contributed by atoms with Crippen molar-refractivity contribution in [3.63, 3.8) is 0 Å². The molecular formula is C17H22FN. The Kier molecular flexibility index (Phi) is 2.92. The van der Waals surface area contributed by atoms with Crippen molar-refractivity contribution in [2.75, 3.05) is 0 Å². The van der Waals surface area contributed by atoms with Gasteiger partial charge in [0.1, 0.15) is 5.82 Å². The Bertz CT molecular complexity index is 599. The fraction of sp³-hybridized carbons (Fsp3) is 0.529. The molecule has 1 fully saturated rings. The molecule has 3 rings (SSSR count). The van der Waals surface area contributed by atoms with Crippen molar-refractivity contribution < 1.29 is 4.39 Å². The number of fused-ring (bicyclic) bond motifs is 1. The summed E-state index contributed by atoms with van der Waals surface area (Å²) >= 11 is 0. The summed E-state index contributed by atoms with van der Waals surface area (Å²) in [5.41, 5.74) is 3.24. The fourth-order valence-electron chi connectivity index (χ4n) is 2.85. The van der Waals surface area contributed by atoms with E-state index in [1.165, 1.54) is 23.8 Å². The summed E-state index contributed by atoms with van der Waals surface area (Å²) in [6.45, 7) is 6.59. The van der Waals surface area contributed by atoms with E-state index in [0.29, 0.717) is 0 Å². The molecule has 0 spiro atoms. The molecule has 0 radical (unpaired) electrons. The van der Waals surface area contributed by atoms with Gasteiger partial charge >= 0.3 is 0 Å². The van der Waals surface area contributed by atoms with E-state index in [9.17, 15) is 4.39 Å². The number of aryl methyl sites for hydroxylation is 1. The predicted octanol–water partition coefficient (Wildman–Crippen LogP) is 4.95. The van der Waals surface area contributed by atoms with Crippen molar-refractivity contribution in [2.24, 2.45) is 5.92 Å². The minimum absolute atomic E-state index is 0.0598. The van der Waals surface area contributed by atoms with Gasteiger partial charge in [-0.3, -0.25) is 0 Å². The van der Waals surface area contributed by atoms with Crippen LogP contribution in [-0.4, -0.2) is 4.98 Å². The van der Waals surface area contributed by atoms with Crippen LogP contribution in [0.1, 0.15) is 51.2 Å². The molecule has 1 aromatic heterocycles. The van der Waals surface area contributed by atoms with Gasteiger partial charge in [-0.25, -0.2) is 4.39 Å². The zero-order valence-electron chi connectivity index (χ0n) is 12.0. The van der Waals surface area contributed by atoms with Crippen LogP contribution in [0, 0.1) is 11.7 Å². The van der Waals surface area contributed by atoms with E-state index in [1.807, 2.05) is 12.3 Å². The van der Waals surface area contributed by atoms with Crippen LogP contribution in [0.2, 0.25) is 0 Å². The van der Waals surface area contributed by atoms with Gasteiger partial charge in [-0.1, -0.05) is 33.6 Å². The Balaban J connectivity index is 2.04. The van der Waals surface area contributed by atoms with Gasteiger partial charge < -0.3 is 4.98 Å². The van der Waals surface area contributed by atoms with Crippen molar-refractivity contribution in [3.05, 3.63) is 35.3 Å². The number of hydrogen-bond acceptors (Lipinski definition) is 0. The Morgan fingerprint density at radius 3 is 2.63 bits per heavy atom. The molecule has 2 aromatic rings. The van der Waals surface area contributed by atoms with Crippen LogP contribution in [0.3, 0.4) is 0 Å². The first-order valence-electron chi connectivity index (χ1n) is 7.26. The molecule has 0 amide bonds. The van der Waals surface area contributed by atoms with E-state index in [2.05, 4.69) is 25.8 Å². The van der Waals surface area contributed by atoms with Gasteiger partial charge in [0.25, 0.3) is 0 Å². The third-order valence-electron chi connectivity index (χ3n) is 4.21. The molecule has 1 N–H and O–H groups in total. The smallest absolute Gasteiger partial charge is 0.128 e. The average molecular weight is 259 g/mol. The van der Waals surface area contributed by atoms with E-state index in [1.54, 1.807) is 6.07 Å². The molecule has 1 aliphatic carbocycles. The highest BCUT2D eigenvalue weighted by atomic mass is 19.1. The summed E-state index contributed by atoms with van der Waals surface area (Å²) in [5, 5.41) is 1.18. The minimum atomic E-state index is -0.0598. The van der Waals surface area contributed by atoms with E-state index >= 15 is 0 Å². The van der Waals surface area contributed by atoms with Gasteiger partial charge in [-0.15, -0.1) is 0 Å². The highest BCUT2D eigenvalue weighted by molar-refractivity contribution is 5.87. The predicted molar refractivity (Wildman–Crippen MR) is 78.0 cm³/mol. The Hall–Kier alpha value is -1.31. The normalized spacial score (nSPS) is 16.2. The molecule has 1 nitrogen and oxygen atoms in total. The number of halogens is 1. The molecule has 102 valence electrons. The topological polar surface area (TPSA) is 15.8 Å². The Morgan fingerprint density at radius 1 is 1.26 bits per heavy atom. The standard InChI is InChI=1S/C17H22FN/c1-17(2,3)14-10-19-16-12(14)8-9-15(18)13(16)7-6-11-4-5-11/h8-11,19H,4-7H2,1-3H3. The van der Waals surface area contributed by atoms with Crippen LogP contribution < -0.4 is 0 Å². The van der Waals surface area contributed by atoms with Crippen LogP contribution in [0.5, 0.6) is 0 Å². The molecule has 1 aromatic carbocycles. The second-order valence-corrected chi connectivity index (χ2v) is 6.88. The second-order valence-electron chi connectivity index (χ2n) is 6.88.